The van der Waals surface area contributed by atoms with E-state index in [1.165, 1.54) is 0 Å². The minimum absolute atomic E-state index is 0.182. The molecule has 6 rings (SSSR count). The van der Waals surface area contributed by atoms with E-state index >= 15 is 0 Å². The Morgan fingerprint density at radius 2 is 1.74 bits per heavy atom. The summed E-state index contributed by atoms with van der Waals surface area (Å²) in [7, 11) is 0. The fourth-order valence-corrected chi connectivity index (χ4v) is 4.67. The van der Waals surface area contributed by atoms with Crippen LogP contribution in [0.1, 0.15) is 24.0 Å². The number of anilines is 2. The highest BCUT2D eigenvalue weighted by Gasteiger charge is 2.50. The van der Waals surface area contributed by atoms with Crippen LogP contribution in [0.25, 0.3) is 22.4 Å². The molecular formula is C26H22F2N6O. The van der Waals surface area contributed by atoms with E-state index in [-0.39, 0.29) is 18.7 Å². The number of amides is 1. The summed E-state index contributed by atoms with van der Waals surface area (Å²) in [6.45, 7) is 0.886. The van der Waals surface area contributed by atoms with E-state index in [1.54, 1.807) is 23.5 Å². The fourth-order valence-electron chi connectivity index (χ4n) is 4.67. The Kier molecular flexibility index (Phi) is 5.05. The van der Waals surface area contributed by atoms with Gasteiger partial charge in [0.15, 0.2) is 0 Å². The monoisotopic (exact) mass is 472 g/mol. The van der Waals surface area contributed by atoms with Gasteiger partial charge in [-0.15, -0.1) is 0 Å². The van der Waals surface area contributed by atoms with Gasteiger partial charge in [-0.25, -0.2) is 13.8 Å². The smallest absolute Gasteiger partial charge is 0.249 e. The number of alkyl halides is 2. The maximum absolute atomic E-state index is 13.2. The van der Waals surface area contributed by atoms with E-state index in [0.717, 1.165) is 33.5 Å². The lowest BCUT2D eigenvalue weighted by Gasteiger charge is -2.36. The van der Waals surface area contributed by atoms with E-state index in [0.29, 0.717) is 24.6 Å². The highest BCUT2D eigenvalue weighted by molar-refractivity contribution is 5.81. The number of fused-ring (bicyclic) bond motifs is 1. The van der Waals surface area contributed by atoms with Gasteiger partial charge in [0.2, 0.25) is 11.8 Å². The first kappa shape index (κ1) is 21.4. The van der Waals surface area contributed by atoms with Crippen molar-refractivity contribution >= 4 is 17.4 Å². The van der Waals surface area contributed by atoms with Gasteiger partial charge in [-0.2, -0.15) is 5.10 Å². The van der Waals surface area contributed by atoms with Crippen molar-refractivity contribution in [3.63, 3.8) is 0 Å². The molecule has 0 bridgehead atoms. The topological polar surface area (TPSA) is 86.8 Å². The third kappa shape index (κ3) is 4.25. The predicted octanol–water partition coefficient (Wildman–Crippen LogP) is 5.16. The van der Waals surface area contributed by atoms with Crippen LogP contribution in [0, 0.1) is 5.92 Å². The number of aromatic nitrogens is 4. The zero-order valence-corrected chi connectivity index (χ0v) is 18.7. The Morgan fingerprint density at radius 3 is 2.49 bits per heavy atom. The quantitative estimate of drug-likeness (QED) is 0.419. The molecule has 2 aromatic heterocycles. The number of benzene rings is 2. The molecule has 2 aliphatic rings. The summed E-state index contributed by atoms with van der Waals surface area (Å²) in [6.07, 6.45) is 6.29. The number of halogens is 2. The number of aromatic amines is 1. The van der Waals surface area contributed by atoms with E-state index in [2.05, 4.69) is 20.5 Å². The summed E-state index contributed by atoms with van der Waals surface area (Å²) < 4.78 is 26.4. The second kappa shape index (κ2) is 8.26. The Balaban J connectivity index is 1.15. The molecule has 0 spiro atoms. The molecule has 0 atom stereocenters. The van der Waals surface area contributed by atoms with Gasteiger partial charge in [-0.1, -0.05) is 24.3 Å². The van der Waals surface area contributed by atoms with Crippen molar-refractivity contribution < 1.29 is 13.6 Å². The average Bonchev–Trinajstić information content (AvgIpc) is 3.52. The second-order valence-corrected chi connectivity index (χ2v) is 9.12. The number of nitrogens with one attached hydrogen (secondary N) is 2. The van der Waals surface area contributed by atoms with Crippen LogP contribution in [-0.2, 0) is 17.9 Å². The highest BCUT2D eigenvalue weighted by atomic mass is 19.3. The van der Waals surface area contributed by atoms with Crippen LogP contribution in [0.4, 0.5) is 20.3 Å². The van der Waals surface area contributed by atoms with Gasteiger partial charge in [-0.3, -0.25) is 14.9 Å². The van der Waals surface area contributed by atoms with Crippen LogP contribution >= 0.6 is 0 Å². The van der Waals surface area contributed by atoms with E-state index < -0.39 is 11.8 Å². The van der Waals surface area contributed by atoms with Gasteiger partial charge in [0.05, 0.1) is 24.3 Å². The molecule has 9 heteroatoms. The van der Waals surface area contributed by atoms with E-state index in [1.807, 2.05) is 48.7 Å². The molecule has 3 heterocycles. The first-order chi connectivity index (χ1) is 16.9. The number of rotatable bonds is 5. The highest BCUT2D eigenvalue weighted by Crippen LogP contribution is 2.44. The zero-order valence-electron chi connectivity index (χ0n) is 18.7. The molecule has 1 amide bonds. The first-order valence-electron chi connectivity index (χ1n) is 11.4. The summed E-state index contributed by atoms with van der Waals surface area (Å²) in [6, 6.07) is 13.9. The lowest BCUT2D eigenvalue weighted by molar-refractivity contribution is -0.160. The van der Waals surface area contributed by atoms with Gasteiger partial charge >= 0.3 is 0 Å². The fraction of sp³-hybridized carbons (Fsp3) is 0.231. The van der Waals surface area contributed by atoms with Gasteiger partial charge in [0.1, 0.15) is 5.82 Å². The average molecular weight is 472 g/mol. The third-order valence-corrected chi connectivity index (χ3v) is 6.60. The van der Waals surface area contributed by atoms with Crippen molar-refractivity contribution in [2.24, 2.45) is 5.92 Å². The molecule has 1 fully saturated rings. The summed E-state index contributed by atoms with van der Waals surface area (Å²) in [5.41, 5.74) is 6.59. The Morgan fingerprint density at radius 1 is 0.971 bits per heavy atom. The molecule has 2 aromatic carbocycles. The standard InChI is InChI=1S/C26H22F2N6O/c27-26(28)8-20(9-26)25(35)34-14-18-2-1-17(7-19(18)15-34)23-12-29-13-24(33-23)32-22-5-3-16(4-6-22)21-10-30-31-11-21/h1-7,10-13,20H,8-9,14-15H2,(H,30,31)(H,32,33). The summed E-state index contributed by atoms with van der Waals surface area (Å²) in [5.74, 6) is -2.83. The third-order valence-electron chi connectivity index (χ3n) is 6.60. The molecular weight excluding hydrogens is 450 g/mol. The van der Waals surface area contributed by atoms with Gasteiger partial charge < -0.3 is 10.2 Å². The molecule has 1 saturated carbocycles. The molecule has 1 aliphatic carbocycles. The van der Waals surface area contributed by atoms with Crippen molar-refractivity contribution in [2.75, 3.05) is 5.32 Å². The van der Waals surface area contributed by atoms with Crippen molar-refractivity contribution in [3.8, 4) is 22.4 Å². The number of carbonyl (C=O) groups is 1. The summed E-state index contributed by atoms with van der Waals surface area (Å²) in [4.78, 5) is 23.3. The maximum Gasteiger partial charge on any atom is 0.249 e. The van der Waals surface area contributed by atoms with Crippen LogP contribution in [0.5, 0.6) is 0 Å². The van der Waals surface area contributed by atoms with Crippen molar-refractivity contribution in [1.29, 1.82) is 0 Å². The molecule has 1 aliphatic heterocycles. The summed E-state index contributed by atoms with van der Waals surface area (Å²) >= 11 is 0. The normalized spacial score (nSPS) is 16.6. The molecule has 0 radical (unpaired) electrons. The number of hydrogen-bond acceptors (Lipinski definition) is 5. The summed E-state index contributed by atoms with van der Waals surface area (Å²) in [5, 5.41) is 10.1. The lowest BCUT2D eigenvalue weighted by atomic mass is 9.80. The van der Waals surface area contributed by atoms with E-state index in [4.69, 9.17) is 4.98 Å². The second-order valence-electron chi connectivity index (χ2n) is 9.12. The maximum atomic E-state index is 13.2. The SMILES string of the molecule is O=C(C1CC(F)(F)C1)N1Cc2ccc(-c3cncc(Nc4ccc(-c5cn[nH]c5)cc4)n3)cc2C1. The van der Waals surface area contributed by atoms with Crippen molar-refractivity contribution in [3.05, 3.63) is 78.4 Å². The van der Waals surface area contributed by atoms with E-state index in [9.17, 15) is 13.6 Å². The minimum atomic E-state index is -2.69. The van der Waals surface area contributed by atoms with Crippen molar-refractivity contribution in [2.45, 2.75) is 31.9 Å². The van der Waals surface area contributed by atoms with Crippen LogP contribution in [0.15, 0.2) is 67.3 Å². The Labute approximate surface area is 200 Å². The first-order valence-corrected chi connectivity index (χ1v) is 11.4. The molecule has 2 N–H and O–H groups in total. The van der Waals surface area contributed by atoms with Crippen molar-refractivity contribution in [1.82, 2.24) is 25.1 Å². The Bertz CT molecular complexity index is 1380. The molecule has 35 heavy (non-hydrogen) atoms. The van der Waals surface area contributed by atoms with Crippen LogP contribution in [-0.4, -0.2) is 36.9 Å². The number of carbonyl (C=O) groups excluding carboxylic acids is 1. The van der Waals surface area contributed by atoms with Crippen LogP contribution in [0.3, 0.4) is 0 Å². The van der Waals surface area contributed by atoms with Crippen LogP contribution < -0.4 is 5.32 Å². The van der Waals surface area contributed by atoms with Gasteiger partial charge in [-0.05, 0) is 34.9 Å². The molecule has 4 aromatic rings. The number of hydrogen-bond donors (Lipinski definition) is 2. The lowest BCUT2D eigenvalue weighted by Crippen LogP contribution is -2.45. The van der Waals surface area contributed by atoms with Crippen LogP contribution in [0.2, 0.25) is 0 Å². The largest absolute Gasteiger partial charge is 0.339 e. The minimum Gasteiger partial charge on any atom is -0.339 e. The predicted molar refractivity (Wildman–Crippen MR) is 127 cm³/mol. The molecule has 176 valence electrons. The number of H-pyrrole nitrogens is 1. The number of nitrogens with zero attached hydrogens (tertiary/aromatic N) is 4. The Hall–Kier alpha value is -4.14. The van der Waals surface area contributed by atoms with Gasteiger partial charge in [0, 0.05) is 54.9 Å². The molecule has 7 nitrogen and oxygen atoms in total. The molecule has 0 saturated heterocycles. The molecule has 0 unspecified atom stereocenters. The van der Waals surface area contributed by atoms with Gasteiger partial charge in [0.25, 0.3) is 0 Å². The zero-order chi connectivity index (χ0) is 24.0.